The highest BCUT2D eigenvalue weighted by Crippen LogP contribution is 2.42. The van der Waals surface area contributed by atoms with Crippen molar-refractivity contribution in [2.24, 2.45) is 0 Å². The van der Waals surface area contributed by atoms with Gasteiger partial charge in [0.15, 0.2) is 0 Å². The predicted octanol–water partition coefficient (Wildman–Crippen LogP) is 10.4. The minimum absolute atomic E-state index is 0.122. The Bertz CT molecular complexity index is 2140. The van der Waals surface area contributed by atoms with Crippen LogP contribution in [-0.2, 0) is 10.8 Å². The molecule has 0 heterocycles. The van der Waals surface area contributed by atoms with E-state index < -0.39 is 0 Å². The summed E-state index contributed by atoms with van der Waals surface area (Å²) in [7, 11) is 4.23. The highest BCUT2D eigenvalue weighted by atomic mass is 15.1. The van der Waals surface area contributed by atoms with Gasteiger partial charge < -0.3 is 4.90 Å². The third-order valence-electron chi connectivity index (χ3n) is 8.75. The fourth-order valence-electron chi connectivity index (χ4n) is 6.11. The summed E-state index contributed by atoms with van der Waals surface area (Å²) in [6.45, 7) is 15.6. The highest BCUT2D eigenvalue weighted by molar-refractivity contribution is 6.27. The third kappa shape index (κ3) is 5.41. The minimum Gasteiger partial charge on any atom is -0.377 e. The van der Waals surface area contributed by atoms with Crippen molar-refractivity contribution in [3.05, 3.63) is 124 Å². The Kier molecular flexibility index (Phi) is 7.19. The molecule has 0 bridgehead atoms. The summed E-state index contributed by atoms with van der Waals surface area (Å²) in [4.78, 5) is 2.20. The summed E-state index contributed by atoms with van der Waals surface area (Å²) >= 11 is 0. The Balaban J connectivity index is 1.53. The minimum atomic E-state index is 0.122. The van der Waals surface area contributed by atoms with Crippen molar-refractivity contribution in [2.45, 2.75) is 59.3 Å². The molecule has 0 saturated carbocycles. The van der Waals surface area contributed by atoms with Crippen LogP contribution in [0.3, 0.4) is 0 Å². The van der Waals surface area contributed by atoms with Crippen molar-refractivity contribution in [2.75, 3.05) is 19.0 Å². The maximum atomic E-state index is 3.56. The second kappa shape index (κ2) is 10.8. The van der Waals surface area contributed by atoms with Crippen molar-refractivity contribution < 1.29 is 0 Å². The van der Waals surface area contributed by atoms with Gasteiger partial charge in [-0.05, 0) is 92.4 Å². The van der Waals surface area contributed by atoms with Gasteiger partial charge in [0.1, 0.15) is 0 Å². The van der Waals surface area contributed by atoms with Crippen molar-refractivity contribution in [1.29, 1.82) is 0 Å². The van der Waals surface area contributed by atoms with Crippen LogP contribution in [0.1, 0.15) is 80.5 Å². The number of benzene rings is 6. The Morgan fingerprint density at radius 3 is 1.34 bits per heavy atom. The maximum Gasteiger partial charge on any atom is 0.0453 e. The average molecular weight is 572 g/mol. The lowest BCUT2D eigenvalue weighted by molar-refractivity contribution is 0.590. The maximum absolute atomic E-state index is 3.56. The first-order valence-electron chi connectivity index (χ1n) is 15.5. The van der Waals surface area contributed by atoms with Crippen LogP contribution in [0.15, 0.2) is 84.9 Å². The quantitative estimate of drug-likeness (QED) is 0.140. The van der Waals surface area contributed by atoms with Gasteiger partial charge in [0.25, 0.3) is 0 Å². The molecule has 218 valence electrons. The molecule has 0 aliphatic rings. The summed E-state index contributed by atoms with van der Waals surface area (Å²) in [6.07, 6.45) is 0. The van der Waals surface area contributed by atoms with E-state index in [0.717, 1.165) is 22.3 Å². The molecule has 0 atom stereocenters. The molecule has 0 unspecified atom stereocenters. The normalized spacial score (nSPS) is 11.8. The number of hydrogen-bond donors (Lipinski definition) is 0. The van der Waals surface area contributed by atoms with Gasteiger partial charge in [-0.3, -0.25) is 0 Å². The summed E-state index contributed by atoms with van der Waals surface area (Å²) in [6, 6.07) is 30.9. The van der Waals surface area contributed by atoms with Crippen LogP contribution < -0.4 is 4.90 Å². The summed E-state index contributed by atoms with van der Waals surface area (Å²) < 4.78 is 0. The Hall–Kier alpha value is -4.72. The molecular weight excluding hydrogens is 530 g/mol. The van der Waals surface area contributed by atoms with Gasteiger partial charge in [-0.15, -0.1) is 0 Å². The van der Waals surface area contributed by atoms with Crippen molar-refractivity contribution >= 4 is 38.0 Å². The average Bonchev–Trinajstić information content (AvgIpc) is 2.98. The molecule has 6 aromatic rings. The van der Waals surface area contributed by atoms with Gasteiger partial charge in [-0.1, -0.05) is 114 Å². The highest BCUT2D eigenvalue weighted by Gasteiger charge is 2.18. The molecule has 0 N–H and O–H groups in total. The predicted molar refractivity (Wildman–Crippen MR) is 191 cm³/mol. The van der Waals surface area contributed by atoms with Gasteiger partial charge >= 0.3 is 0 Å². The second-order valence-electron chi connectivity index (χ2n) is 14.3. The first kappa shape index (κ1) is 29.4. The van der Waals surface area contributed by atoms with Crippen LogP contribution >= 0.6 is 0 Å². The summed E-state index contributed by atoms with van der Waals surface area (Å²) in [5.74, 6) is 14.0. The molecule has 0 fully saturated rings. The van der Waals surface area contributed by atoms with Crippen LogP contribution in [-0.4, -0.2) is 14.1 Å². The Labute approximate surface area is 263 Å². The molecule has 6 aromatic carbocycles. The molecule has 0 saturated heterocycles. The monoisotopic (exact) mass is 571 g/mol. The summed E-state index contributed by atoms with van der Waals surface area (Å²) in [5, 5.41) is 7.42. The van der Waals surface area contributed by atoms with Crippen LogP contribution in [0.2, 0.25) is 0 Å². The van der Waals surface area contributed by atoms with E-state index in [1.807, 2.05) is 0 Å². The summed E-state index contributed by atoms with van der Waals surface area (Å²) in [5.41, 5.74) is 9.46. The van der Waals surface area contributed by atoms with Crippen molar-refractivity contribution in [3.63, 3.8) is 0 Å². The molecule has 44 heavy (non-hydrogen) atoms. The van der Waals surface area contributed by atoms with E-state index in [4.69, 9.17) is 0 Å². The van der Waals surface area contributed by atoms with E-state index >= 15 is 0 Å². The molecule has 0 aromatic heterocycles. The van der Waals surface area contributed by atoms with Crippen molar-refractivity contribution in [1.82, 2.24) is 0 Å². The van der Waals surface area contributed by atoms with Gasteiger partial charge in [-0.2, -0.15) is 0 Å². The molecule has 0 spiro atoms. The van der Waals surface area contributed by atoms with Crippen LogP contribution in [0.4, 0.5) is 5.69 Å². The van der Waals surface area contributed by atoms with E-state index in [-0.39, 0.29) is 10.8 Å². The number of aryl methyl sites for hydroxylation is 1. The topological polar surface area (TPSA) is 3.24 Å². The molecule has 1 heteroatoms. The SMILES string of the molecule is Cc1cc(C#Cc2ccc(C(C)(C)C)cc2)c2ccc3c(N(C)C)cc(C#Cc4ccc(C(C)(C)C)cc4)c4ccc1c2c43. The van der Waals surface area contributed by atoms with Gasteiger partial charge in [-0.25, -0.2) is 0 Å². The molecular formula is C43H41N. The lowest BCUT2D eigenvalue weighted by Gasteiger charge is -2.21. The van der Waals surface area contributed by atoms with Gasteiger partial charge in [0.2, 0.25) is 0 Å². The first-order chi connectivity index (χ1) is 20.8. The molecule has 1 nitrogen and oxygen atoms in total. The van der Waals surface area contributed by atoms with Crippen molar-refractivity contribution in [3.8, 4) is 23.7 Å². The molecule has 0 amide bonds. The fourth-order valence-corrected chi connectivity index (χ4v) is 6.11. The zero-order valence-electron chi connectivity index (χ0n) is 27.5. The van der Waals surface area contributed by atoms with E-state index in [1.165, 1.54) is 54.7 Å². The molecule has 0 radical (unpaired) electrons. The van der Waals surface area contributed by atoms with Crippen LogP contribution in [0, 0.1) is 30.6 Å². The van der Waals surface area contributed by atoms with Crippen LogP contribution in [0.5, 0.6) is 0 Å². The number of rotatable bonds is 1. The smallest absolute Gasteiger partial charge is 0.0453 e. The first-order valence-corrected chi connectivity index (χ1v) is 15.5. The molecule has 0 aliphatic heterocycles. The fraction of sp³-hybridized carbons (Fsp3) is 0.256. The number of hydrogen-bond acceptors (Lipinski definition) is 1. The zero-order chi connectivity index (χ0) is 31.4. The number of nitrogens with zero attached hydrogens (tertiary/aromatic N) is 1. The largest absolute Gasteiger partial charge is 0.377 e. The zero-order valence-corrected chi connectivity index (χ0v) is 27.5. The third-order valence-corrected chi connectivity index (χ3v) is 8.75. The van der Waals surface area contributed by atoms with Gasteiger partial charge in [0, 0.05) is 52.8 Å². The van der Waals surface area contributed by atoms with E-state index in [9.17, 15) is 0 Å². The Morgan fingerprint density at radius 1 is 0.477 bits per heavy atom. The molecule has 6 rings (SSSR count). The Morgan fingerprint density at radius 2 is 0.886 bits per heavy atom. The lowest BCUT2D eigenvalue weighted by Crippen LogP contribution is -2.10. The van der Waals surface area contributed by atoms with E-state index in [2.05, 4.69) is 176 Å². The molecule has 0 aliphatic carbocycles. The van der Waals surface area contributed by atoms with E-state index in [1.54, 1.807) is 0 Å². The van der Waals surface area contributed by atoms with Crippen LogP contribution in [0.25, 0.3) is 32.3 Å². The lowest BCUT2D eigenvalue weighted by atomic mass is 9.86. The second-order valence-corrected chi connectivity index (χ2v) is 14.3. The standard InChI is InChI=1S/C43H41N/c1-28-26-31(16-10-29-12-18-33(19-13-29)42(2,3)4)36-24-25-38-39(44(8)9)27-32(37-23-22-35(28)40(36)41(37)38)17-11-30-14-20-34(21-15-30)43(5,6)7/h12-15,18-27H,1-9H3. The van der Waals surface area contributed by atoms with E-state index in [0.29, 0.717) is 0 Å². The van der Waals surface area contributed by atoms with Gasteiger partial charge in [0.05, 0.1) is 0 Å². The number of anilines is 1.